The molecule has 2 aliphatic rings. The van der Waals surface area contributed by atoms with E-state index in [-0.39, 0.29) is 5.54 Å². The Labute approximate surface area is 142 Å². The number of allylic oxidation sites excluding steroid dienone is 5. The molecule has 0 saturated carbocycles. The molecule has 0 aromatic heterocycles. The Kier molecular flexibility index (Phi) is 4.69. The fourth-order valence-electron chi connectivity index (χ4n) is 2.89. The second-order valence-electron chi connectivity index (χ2n) is 5.82. The summed E-state index contributed by atoms with van der Waals surface area (Å²) in [6.07, 6.45) is 9.48. The van der Waals surface area contributed by atoms with Crippen molar-refractivity contribution in [3.05, 3.63) is 70.4 Å². The number of nitrogens with zero attached hydrogens (tertiary/aromatic N) is 1. The number of hydrogen-bond donors (Lipinski definition) is 1. The summed E-state index contributed by atoms with van der Waals surface area (Å²) in [5.41, 5.74) is 4.14. The van der Waals surface area contributed by atoms with Crippen LogP contribution in [-0.2, 0) is 10.3 Å². The van der Waals surface area contributed by atoms with E-state index in [0.29, 0.717) is 13.2 Å². The van der Waals surface area contributed by atoms with Crippen LogP contribution in [0.25, 0.3) is 0 Å². The molecule has 4 heteroatoms. The Balaban J connectivity index is 1.86. The lowest BCUT2D eigenvalue weighted by molar-refractivity contribution is -0.0730. The number of hydrogen-bond acceptors (Lipinski definition) is 3. The average molecular weight is 329 g/mol. The summed E-state index contributed by atoms with van der Waals surface area (Å²) in [4.78, 5) is 4.39. The predicted octanol–water partition coefficient (Wildman–Crippen LogP) is 4.02. The van der Waals surface area contributed by atoms with Gasteiger partial charge in [-0.1, -0.05) is 42.8 Å². The summed E-state index contributed by atoms with van der Waals surface area (Å²) in [6, 6.07) is 7.96. The monoisotopic (exact) mass is 328 g/mol. The first-order valence-electron chi connectivity index (χ1n) is 7.86. The molecule has 1 aromatic rings. The molecule has 1 saturated heterocycles. The minimum Gasteiger partial charge on any atom is -0.376 e. The lowest BCUT2D eigenvalue weighted by Gasteiger charge is -2.44. The number of aliphatic imine (C=N–C) groups is 1. The maximum absolute atomic E-state index is 6.15. The van der Waals surface area contributed by atoms with Gasteiger partial charge in [0, 0.05) is 17.8 Å². The van der Waals surface area contributed by atoms with Crippen molar-refractivity contribution in [1.82, 2.24) is 5.32 Å². The molecule has 0 radical (unpaired) electrons. The van der Waals surface area contributed by atoms with E-state index in [4.69, 9.17) is 16.3 Å². The highest BCUT2D eigenvalue weighted by atomic mass is 35.5. The second kappa shape index (κ2) is 6.73. The fourth-order valence-corrected chi connectivity index (χ4v) is 3.08. The van der Waals surface area contributed by atoms with E-state index < -0.39 is 0 Å². The summed E-state index contributed by atoms with van der Waals surface area (Å²) in [5, 5.41) is 4.37. The quantitative estimate of drug-likeness (QED) is 0.905. The van der Waals surface area contributed by atoms with Gasteiger partial charge in [-0.3, -0.25) is 4.99 Å². The van der Waals surface area contributed by atoms with Gasteiger partial charge in [0.05, 0.1) is 18.9 Å². The SMILES string of the molecule is CC/C=C1/C=CC(NC2(c3cccc(Cl)c3)COC2)=CC1=NC. The summed E-state index contributed by atoms with van der Waals surface area (Å²) in [7, 11) is 1.82. The van der Waals surface area contributed by atoms with Crippen LogP contribution in [-0.4, -0.2) is 26.0 Å². The Bertz CT molecular complexity index is 712. The van der Waals surface area contributed by atoms with E-state index >= 15 is 0 Å². The number of benzene rings is 1. The van der Waals surface area contributed by atoms with Crippen LogP contribution in [0.5, 0.6) is 0 Å². The molecule has 1 fully saturated rings. The lowest BCUT2D eigenvalue weighted by Crippen LogP contribution is -2.57. The third-order valence-electron chi connectivity index (χ3n) is 4.15. The Hall–Kier alpha value is -1.84. The van der Waals surface area contributed by atoms with Gasteiger partial charge in [-0.15, -0.1) is 0 Å². The number of ether oxygens (including phenoxy) is 1. The van der Waals surface area contributed by atoms with Gasteiger partial charge in [-0.05, 0) is 41.8 Å². The first-order chi connectivity index (χ1) is 11.2. The molecule has 1 heterocycles. The molecule has 0 atom stereocenters. The highest BCUT2D eigenvalue weighted by Gasteiger charge is 2.40. The molecule has 1 aliphatic heterocycles. The van der Waals surface area contributed by atoms with Crippen molar-refractivity contribution < 1.29 is 4.74 Å². The van der Waals surface area contributed by atoms with E-state index in [1.54, 1.807) is 0 Å². The van der Waals surface area contributed by atoms with E-state index in [1.165, 1.54) is 5.57 Å². The van der Waals surface area contributed by atoms with Crippen LogP contribution in [0.2, 0.25) is 5.02 Å². The molecule has 3 rings (SSSR count). The molecular weight excluding hydrogens is 308 g/mol. The first kappa shape index (κ1) is 16.0. The smallest absolute Gasteiger partial charge is 0.110 e. The van der Waals surface area contributed by atoms with Crippen LogP contribution in [0.4, 0.5) is 0 Å². The van der Waals surface area contributed by atoms with Crippen molar-refractivity contribution in [2.75, 3.05) is 20.3 Å². The van der Waals surface area contributed by atoms with Gasteiger partial charge < -0.3 is 10.1 Å². The molecule has 23 heavy (non-hydrogen) atoms. The number of rotatable bonds is 4. The Morgan fingerprint density at radius 2 is 2.17 bits per heavy atom. The third-order valence-corrected chi connectivity index (χ3v) is 4.39. The maximum atomic E-state index is 6.15. The van der Waals surface area contributed by atoms with Crippen LogP contribution in [0.1, 0.15) is 18.9 Å². The van der Waals surface area contributed by atoms with Gasteiger partial charge >= 0.3 is 0 Å². The highest BCUT2D eigenvalue weighted by molar-refractivity contribution is 6.30. The normalized spacial score (nSPS) is 22.8. The summed E-state index contributed by atoms with van der Waals surface area (Å²) >= 11 is 6.15. The molecule has 1 aromatic carbocycles. The molecule has 3 nitrogen and oxygen atoms in total. The fraction of sp³-hybridized carbons (Fsp3) is 0.316. The molecule has 0 unspecified atom stereocenters. The van der Waals surface area contributed by atoms with Gasteiger partial charge in [-0.25, -0.2) is 0 Å². The zero-order valence-electron chi connectivity index (χ0n) is 13.5. The minimum absolute atomic E-state index is 0.216. The van der Waals surface area contributed by atoms with E-state index in [2.05, 4.69) is 47.6 Å². The van der Waals surface area contributed by atoms with Crippen LogP contribution in [0, 0.1) is 0 Å². The van der Waals surface area contributed by atoms with Gasteiger partial charge in [0.15, 0.2) is 0 Å². The van der Waals surface area contributed by atoms with E-state index in [0.717, 1.165) is 28.4 Å². The predicted molar refractivity (Wildman–Crippen MR) is 96.0 cm³/mol. The van der Waals surface area contributed by atoms with E-state index in [9.17, 15) is 0 Å². The number of halogens is 1. The van der Waals surface area contributed by atoms with Crippen molar-refractivity contribution in [3.8, 4) is 0 Å². The Morgan fingerprint density at radius 1 is 1.35 bits per heavy atom. The molecule has 1 aliphatic carbocycles. The zero-order chi connectivity index (χ0) is 16.3. The van der Waals surface area contributed by atoms with Crippen molar-refractivity contribution in [1.29, 1.82) is 0 Å². The maximum Gasteiger partial charge on any atom is 0.110 e. The summed E-state index contributed by atoms with van der Waals surface area (Å²) < 4.78 is 5.49. The van der Waals surface area contributed by atoms with Crippen LogP contribution >= 0.6 is 11.6 Å². The highest BCUT2D eigenvalue weighted by Crippen LogP contribution is 2.32. The molecule has 0 amide bonds. The molecule has 0 spiro atoms. The van der Waals surface area contributed by atoms with Crippen molar-refractivity contribution >= 4 is 17.3 Å². The van der Waals surface area contributed by atoms with Crippen LogP contribution < -0.4 is 5.32 Å². The standard InChI is InChI=1S/C19H21ClN2O/c1-3-5-14-8-9-17(11-18(14)21-2)22-19(12-23-13-19)15-6-4-7-16(20)10-15/h4-11,22H,3,12-13H2,1-2H3/b14-5-,21-18?. The van der Waals surface area contributed by atoms with Crippen LogP contribution in [0.3, 0.4) is 0 Å². The van der Waals surface area contributed by atoms with Gasteiger partial charge in [0.2, 0.25) is 0 Å². The number of nitrogens with one attached hydrogen (secondary N) is 1. The van der Waals surface area contributed by atoms with Crippen molar-refractivity contribution in [2.24, 2.45) is 4.99 Å². The minimum atomic E-state index is -0.216. The van der Waals surface area contributed by atoms with E-state index in [1.807, 2.05) is 25.2 Å². The average Bonchev–Trinajstić information content (AvgIpc) is 2.52. The molecule has 1 N–H and O–H groups in total. The van der Waals surface area contributed by atoms with Crippen molar-refractivity contribution in [2.45, 2.75) is 18.9 Å². The first-order valence-corrected chi connectivity index (χ1v) is 8.24. The zero-order valence-corrected chi connectivity index (χ0v) is 14.2. The largest absolute Gasteiger partial charge is 0.376 e. The van der Waals surface area contributed by atoms with Gasteiger partial charge in [0.1, 0.15) is 5.54 Å². The van der Waals surface area contributed by atoms with Gasteiger partial charge in [0.25, 0.3) is 0 Å². The summed E-state index contributed by atoms with van der Waals surface area (Å²) in [6.45, 7) is 3.40. The summed E-state index contributed by atoms with van der Waals surface area (Å²) in [5.74, 6) is 0. The van der Waals surface area contributed by atoms with Gasteiger partial charge in [-0.2, -0.15) is 0 Å². The van der Waals surface area contributed by atoms with Crippen LogP contribution in [0.15, 0.2) is 64.8 Å². The Morgan fingerprint density at radius 3 is 2.78 bits per heavy atom. The van der Waals surface area contributed by atoms with Crippen molar-refractivity contribution in [3.63, 3.8) is 0 Å². The molecule has 120 valence electrons. The molecular formula is C19H21ClN2O. The third kappa shape index (κ3) is 3.26. The molecule has 0 bridgehead atoms. The lowest BCUT2D eigenvalue weighted by atomic mass is 9.87. The topological polar surface area (TPSA) is 33.6 Å². The second-order valence-corrected chi connectivity index (χ2v) is 6.26.